The Morgan fingerprint density at radius 1 is 1.26 bits per heavy atom. The first-order valence-electron chi connectivity index (χ1n) is 7.26. The van der Waals surface area contributed by atoms with E-state index in [0.717, 1.165) is 25.7 Å². The average Bonchev–Trinajstić information content (AvgIpc) is 2.40. The SMILES string of the molecule is CCN(C(=O)NC(C)(CC)C(=O)O)C1CCCCC1. The fourth-order valence-electron chi connectivity index (χ4n) is 2.56. The second-order valence-corrected chi connectivity index (χ2v) is 5.50. The molecule has 0 aromatic rings. The van der Waals surface area contributed by atoms with Gasteiger partial charge in [0.25, 0.3) is 0 Å². The van der Waals surface area contributed by atoms with E-state index in [9.17, 15) is 14.7 Å². The van der Waals surface area contributed by atoms with Crippen LogP contribution in [-0.2, 0) is 4.79 Å². The molecule has 0 spiro atoms. The van der Waals surface area contributed by atoms with E-state index in [1.807, 2.05) is 6.92 Å². The lowest BCUT2D eigenvalue weighted by molar-refractivity contribution is -0.143. The summed E-state index contributed by atoms with van der Waals surface area (Å²) in [6.07, 6.45) is 5.96. The molecule has 5 nitrogen and oxygen atoms in total. The van der Waals surface area contributed by atoms with E-state index < -0.39 is 11.5 Å². The molecule has 0 heterocycles. The minimum Gasteiger partial charge on any atom is -0.480 e. The van der Waals surface area contributed by atoms with Crippen molar-refractivity contribution in [3.63, 3.8) is 0 Å². The van der Waals surface area contributed by atoms with Crippen molar-refractivity contribution in [1.82, 2.24) is 10.2 Å². The number of carboxylic acid groups (broad SMARTS) is 1. The van der Waals surface area contributed by atoms with Crippen LogP contribution in [0.2, 0.25) is 0 Å². The van der Waals surface area contributed by atoms with Gasteiger partial charge in [-0.2, -0.15) is 0 Å². The lowest BCUT2D eigenvalue weighted by atomic mass is 9.94. The number of urea groups is 1. The van der Waals surface area contributed by atoms with Crippen LogP contribution in [0.15, 0.2) is 0 Å². The van der Waals surface area contributed by atoms with E-state index in [2.05, 4.69) is 5.32 Å². The number of carbonyl (C=O) groups excluding carboxylic acids is 1. The molecule has 1 atom stereocenters. The molecule has 19 heavy (non-hydrogen) atoms. The number of hydrogen-bond acceptors (Lipinski definition) is 2. The second-order valence-electron chi connectivity index (χ2n) is 5.50. The van der Waals surface area contributed by atoms with Crippen LogP contribution in [0.1, 0.15) is 59.3 Å². The van der Waals surface area contributed by atoms with Gasteiger partial charge in [-0.05, 0) is 33.1 Å². The van der Waals surface area contributed by atoms with Gasteiger partial charge in [-0.1, -0.05) is 26.2 Å². The molecule has 0 radical (unpaired) electrons. The molecule has 0 bridgehead atoms. The molecule has 0 saturated heterocycles. The molecule has 0 aromatic heterocycles. The van der Waals surface area contributed by atoms with E-state index in [4.69, 9.17) is 0 Å². The van der Waals surface area contributed by atoms with Gasteiger partial charge < -0.3 is 15.3 Å². The molecular formula is C14H26N2O3. The van der Waals surface area contributed by atoms with Crippen molar-refractivity contribution >= 4 is 12.0 Å². The van der Waals surface area contributed by atoms with Crippen molar-refractivity contribution in [2.45, 2.75) is 70.9 Å². The molecule has 5 heteroatoms. The summed E-state index contributed by atoms with van der Waals surface area (Å²) in [4.78, 5) is 25.3. The van der Waals surface area contributed by atoms with E-state index in [0.29, 0.717) is 13.0 Å². The quantitative estimate of drug-likeness (QED) is 0.806. The van der Waals surface area contributed by atoms with Gasteiger partial charge in [0.15, 0.2) is 0 Å². The Morgan fingerprint density at radius 2 is 1.84 bits per heavy atom. The third-order valence-corrected chi connectivity index (χ3v) is 4.18. The molecule has 0 aromatic carbocycles. The first-order valence-corrected chi connectivity index (χ1v) is 7.26. The third kappa shape index (κ3) is 3.85. The van der Waals surface area contributed by atoms with Crippen molar-refractivity contribution < 1.29 is 14.7 Å². The van der Waals surface area contributed by atoms with Crippen molar-refractivity contribution in [3.05, 3.63) is 0 Å². The molecule has 1 aliphatic rings. The highest BCUT2D eigenvalue weighted by Gasteiger charge is 2.35. The largest absolute Gasteiger partial charge is 0.480 e. The lowest BCUT2D eigenvalue weighted by Crippen LogP contribution is -2.57. The van der Waals surface area contributed by atoms with Gasteiger partial charge in [-0.15, -0.1) is 0 Å². The topological polar surface area (TPSA) is 69.6 Å². The minimum absolute atomic E-state index is 0.249. The number of carboxylic acids is 1. The highest BCUT2D eigenvalue weighted by Crippen LogP contribution is 2.23. The van der Waals surface area contributed by atoms with Gasteiger partial charge in [0.2, 0.25) is 0 Å². The highest BCUT2D eigenvalue weighted by molar-refractivity contribution is 5.86. The number of hydrogen-bond donors (Lipinski definition) is 2. The van der Waals surface area contributed by atoms with Gasteiger partial charge in [0.05, 0.1) is 0 Å². The molecule has 2 N–H and O–H groups in total. The maximum atomic E-state index is 12.3. The standard InChI is InChI=1S/C14H26N2O3/c1-4-14(3,12(17)18)15-13(19)16(5-2)11-9-7-6-8-10-11/h11H,4-10H2,1-3H3,(H,15,19)(H,17,18). The Hall–Kier alpha value is -1.26. The van der Waals surface area contributed by atoms with E-state index >= 15 is 0 Å². The number of carbonyl (C=O) groups is 2. The summed E-state index contributed by atoms with van der Waals surface area (Å²) in [5, 5.41) is 11.9. The van der Waals surface area contributed by atoms with Crippen molar-refractivity contribution in [2.75, 3.05) is 6.54 Å². The van der Waals surface area contributed by atoms with Crippen LogP contribution in [0.5, 0.6) is 0 Å². The fraction of sp³-hybridized carbons (Fsp3) is 0.857. The molecule has 1 aliphatic carbocycles. The normalized spacial score (nSPS) is 19.5. The van der Waals surface area contributed by atoms with Gasteiger partial charge in [0, 0.05) is 12.6 Å². The number of nitrogens with zero attached hydrogens (tertiary/aromatic N) is 1. The molecule has 0 aliphatic heterocycles. The smallest absolute Gasteiger partial charge is 0.329 e. The maximum absolute atomic E-state index is 12.3. The number of aliphatic carboxylic acids is 1. The Bertz CT molecular complexity index is 327. The van der Waals surface area contributed by atoms with Gasteiger partial charge in [-0.3, -0.25) is 0 Å². The summed E-state index contributed by atoms with van der Waals surface area (Å²) < 4.78 is 0. The van der Waals surface area contributed by atoms with Crippen LogP contribution in [-0.4, -0.2) is 40.1 Å². The first-order chi connectivity index (χ1) is 8.94. The van der Waals surface area contributed by atoms with Gasteiger partial charge >= 0.3 is 12.0 Å². The Labute approximate surface area is 115 Å². The summed E-state index contributed by atoms with van der Waals surface area (Å²) in [6.45, 7) is 5.89. The summed E-state index contributed by atoms with van der Waals surface area (Å²) >= 11 is 0. The fourth-order valence-corrected chi connectivity index (χ4v) is 2.56. The van der Waals surface area contributed by atoms with Crippen LogP contribution in [0, 0.1) is 0 Å². The molecule has 1 rings (SSSR count). The lowest BCUT2D eigenvalue weighted by Gasteiger charge is -2.36. The number of nitrogens with one attached hydrogen (secondary N) is 1. The summed E-state index contributed by atoms with van der Waals surface area (Å²) in [5.41, 5.74) is -1.18. The Balaban J connectivity index is 2.70. The zero-order valence-electron chi connectivity index (χ0n) is 12.2. The Morgan fingerprint density at radius 3 is 2.26 bits per heavy atom. The molecule has 110 valence electrons. The molecule has 1 fully saturated rings. The van der Waals surface area contributed by atoms with Crippen LogP contribution in [0.25, 0.3) is 0 Å². The summed E-state index contributed by atoms with van der Waals surface area (Å²) in [7, 11) is 0. The maximum Gasteiger partial charge on any atom is 0.329 e. The zero-order valence-corrected chi connectivity index (χ0v) is 12.2. The van der Waals surface area contributed by atoms with Crippen molar-refractivity contribution in [2.24, 2.45) is 0 Å². The van der Waals surface area contributed by atoms with E-state index in [1.54, 1.807) is 18.7 Å². The van der Waals surface area contributed by atoms with Gasteiger partial charge in [-0.25, -0.2) is 9.59 Å². The second kappa shape index (κ2) is 6.78. The Kier molecular flexibility index (Phi) is 5.63. The summed E-state index contributed by atoms with van der Waals surface area (Å²) in [5.74, 6) is -0.983. The zero-order chi connectivity index (χ0) is 14.5. The van der Waals surface area contributed by atoms with Crippen LogP contribution < -0.4 is 5.32 Å². The van der Waals surface area contributed by atoms with Crippen molar-refractivity contribution in [1.29, 1.82) is 0 Å². The third-order valence-electron chi connectivity index (χ3n) is 4.18. The predicted octanol–water partition coefficient (Wildman–Crippen LogP) is 2.60. The first kappa shape index (κ1) is 15.8. The molecular weight excluding hydrogens is 244 g/mol. The van der Waals surface area contributed by atoms with Crippen LogP contribution in [0.4, 0.5) is 4.79 Å². The van der Waals surface area contributed by atoms with E-state index in [1.165, 1.54) is 6.42 Å². The molecule has 1 saturated carbocycles. The van der Waals surface area contributed by atoms with Gasteiger partial charge in [0.1, 0.15) is 5.54 Å². The van der Waals surface area contributed by atoms with Crippen LogP contribution >= 0.6 is 0 Å². The monoisotopic (exact) mass is 270 g/mol. The molecule has 1 unspecified atom stereocenters. The summed E-state index contributed by atoms with van der Waals surface area (Å²) in [6, 6.07) is 0.00908. The average molecular weight is 270 g/mol. The molecule has 2 amide bonds. The highest BCUT2D eigenvalue weighted by atomic mass is 16.4. The number of amides is 2. The van der Waals surface area contributed by atoms with Crippen molar-refractivity contribution in [3.8, 4) is 0 Å². The van der Waals surface area contributed by atoms with Crippen LogP contribution in [0.3, 0.4) is 0 Å². The van der Waals surface area contributed by atoms with E-state index in [-0.39, 0.29) is 12.1 Å². The number of rotatable bonds is 5. The predicted molar refractivity (Wildman–Crippen MR) is 74.1 cm³/mol. The minimum atomic E-state index is -1.18.